The molecule has 0 spiro atoms. The molecule has 0 radical (unpaired) electrons. The molecule has 1 amide bonds. The van der Waals surface area contributed by atoms with Crippen LogP contribution in [0.15, 0.2) is 40.5 Å². The molecule has 2 aromatic rings. The van der Waals surface area contributed by atoms with E-state index in [1.807, 2.05) is 0 Å². The van der Waals surface area contributed by atoms with Crippen molar-refractivity contribution >= 4 is 49.5 Å². The zero-order chi connectivity index (χ0) is 20.1. The van der Waals surface area contributed by atoms with Crippen molar-refractivity contribution in [2.45, 2.75) is 23.8 Å². The van der Waals surface area contributed by atoms with Gasteiger partial charge in [-0.1, -0.05) is 40.2 Å². The number of amides is 1. The molecular weight excluding hydrogens is 426 g/mol. The quantitative estimate of drug-likeness (QED) is 0.543. The lowest BCUT2D eigenvalue weighted by Crippen LogP contribution is -2.27. The number of nitrogens with one attached hydrogen (secondary N) is 1. The van der Waals surface area contributed by atoms with Gasteiger partial charge < -0.3 is 9.57 Å². The highest BCUT2D eigenvalue weighted by Gasteiger charge is 2.20. The first-order valence-electron chi connectivity index (χ1n) is 8.37. The molecule has 1 aromatic carbocycles. The summed E-state index contributed by atoms with van der Waals surface area (Å²) in [5, 5.41) is 7.00. The number of hydrogen-bond donors (Lipinski definition) is 1. The van der Waals surface area contributed by atoms with Crippen LogP contribution in [0, 0.1) is 0 Å². The summed E-state index contributed by atoms with van der Waals surface area (Å²) >= 11 is 6.96. The van der Waals surface area contributed by atoms with E-state index in [0.29, 0.717) is 41.1 Å². The van der Waals surface area contributed by atoms with Gasteiger partial charge in [-0.25, -0.2) is 13.4 Å². The third-order valence-corrected chi connectivity index (χ3v) is 6.09. The largest absolute Gasteiger partial charge is 0.392 e. The van der Waals surface area contributed by atoms with E-state index in [2.05, 4.69) is 15.5 Å². The Balaban J connectivity index is 1.85. The van der Waals surface area contributed by atoms with Crippen LogP contribution in [-0.2, 0) is 24.2 Å². The number of aromatic nitrogens is 1. The van der Waals surface area contributed by atoms with Gasteiger partial charge >= 0.3 is 0 Å². The third-order valence-electron chi connectivity index (χ3n) is 3.93. The minimum Gasteiger partial charge on any atom is -0.392 e. The topological polar surface area (TPSA) is 107 Å². The fourth-order valence-corrected chi connectivity index (χ4v) is 3.90. The lowest BCUT2D eigenvalue weighted by molar-refractivity contribution is -0.110. The number of carbonyl (C=O) groups is 1. The number of anilines is 1. The summed E-state index contributed by atoms with van der Waals surface area (Å²) in [4.78, 5) is 22.4. The van der Waals surface area contributed by atoms with E-state index >= 15 is 0 Å². The van der Waals surface area contributed by atoms with Crippen molar-refractivity contribution in [1.29, 1.82) is 0 Å². The maximum absolute atomic E-state index is 12.7. The van der Waals surface area contributed by atoms with Crippen LogP contribution in [0.4, 0.5) is 5.13 Å². The Morgan fingerprint density at radius 3 is 2.57 bits per heavy atom. The number of oxime groups is 1. The molecule has 1 aliphatic rings. The summed E-state index contributed by atoms with van der Waals surface area (Å²) in [5.41, 5.74) is 0.428. The van der Waals surface area contributed by atoms with Crippen LogP contribution >= 0.6 is 22.9 Å². The smallest absolute Gasteiger partial charge is 0.280 e. The monoisotopic (exact) mass is 443 g/mol. The van der Waals surface area contributed by atoms with Crippen LogP contribution in [0.5, 0.6) is 0 Å². The molecule has 3 rings (SSSR count). The summed E-state index contributed by atoms with van der Waals surface area (Å²) in [5.74, 6) is -0.537. The summed E-state index contributed by atoms with van der Waals surface area (Å²) in [7, 11) is -3.35. The summed E-state index contributed by atoms with van der Waals surface area (Å²) in [6.07, 6.45) is 3.74. The standard InChI is InChI=1S/C17H18ClN3O5S2/c1-28(23,24)13-4-2-11(3-5-13)15(21-26-12-6-8-25-9-7-12)16(22)20-17-19-10-14(18)27-17/h2-5,10,12H,6-9H2,1H3,(H,19,20,22)/b21-15+. The number of thiazole rings is 1. The Bertz CT molecular complexity index is 967. The minimum absolute atomic E-state index is 0.0119. The van der Waals surface area contributed by atoms with Crippen LogP contribution in [0.25, 0.3) is 0 Å². The zero-order valence-electron chi connectivity index (χ0n) is 14.9. The lowest BCUT2D eigenvalue weighted by atomic mass is 10.1. The molecule has 28 heavy (non-hydrogen) atoms. The van der Waals surface area contributed by atoms with Crippen LogP contribution in [-0.4, -0.2) is 50.6 Å². The van der Waals surface area contributed by atoms with Gasteiger partial charge in [0.05, 0.1) is 24.3 Å². The van der Waals surface area contributed by atoms with Gasteiger partial charge in [-0.3, -0.25) is 10.1 Å². The van der Waals surface area contributed by atoms with E-state index in [4.69, 9.17) is 21.2 Å². The number of hydrogen-bond acceptors (Lipinski definition) is 8. The van der Waals surface area contributed by atoms with Gasteiger partial charge in [0.25, 0.3) is 5.91 Å². The fraction of sp³-hybridized carbons (Fsp3) is 0.353. The molecule has 11 heteroatoms. The first-order valence-corrected chi connectivity index (χ1v) is 11.5. The SMILES string of the molecule is CS(=O)(=O)c1ccc(/C(=N\OC2CCOCC2)C(=O)Nc2ncc(Cl)s2)cc1. The van der Waals surface area contributed by atoms with Gasteiger partial charge in [0, 0.05) is 24.7 Å². The number of benzene rings is 1. The van der Waals surface area contributed by atoms with Crippen molar-refractivity contribution in [1.82, 2.24) is 4.98 Å². The molecular formula is C17H18ClN3O5S2. The van der Waals surface area contributed by atoms with Crippen molar-refractivity contribution in [3.05, 3.63) is 40.4 Å². The number of nitrogens with zero attached hydrogens (tertiary/aromatic N) is 2. The van der Waals surface area contributed by atoms with Gasteiger partial charge in [-0.15, -0.1) is 0 Å². The minimum atomic E-state index is -3.35. The fourth-order valence-electron chi connectivity index (χ4n) is 2.46. The van der Waals surface area contributed by atoms with Crippen molar-refractivity contribution in [2.24, 2.45) is 5.16 Å². The van der Waals surface area contributed by atoms with Gasteiger partial charge in [0.1, 0.15) is 10.4 Å². The lowest BCUT2D eigenvalue weighted by Gasteiger charge is -2.20. The Kier molecular flexibility index (Phi) is 6.65. The molecule has 1 N–H and O–H groups in total. The number of halogens is 1. The molecule has 2 heterocycles. The van der Waals surface area contributed by atoms with E-state index in [1.54, 1.807) is 0 Å². The predicted octanol–water partition coefficient (Wildman–Crippen LogP) is 2.74. The van der Waals surface area contributed by atoms with Gasteiger partial charge in [-0.2, -0.15) is 0 Å². The number of ether oxygens (including phenoxy) is 1. The highest BCUT2D eigenvalue weighted by atomic mass is 35.5. The van der Waals surface area contributed by atoms with Crippen molar-refractivity contribution in [3.63, 3.8) is 0 Å². The first-order chi connectivity index (χ1) is 13.3. The van der Waals surface area contributed by atoms with Gasteiger partial charge in [0.2, 0.25) is 0 Å². The maximum Gasteiger partial charge on any atom is 0.280 e. The first kappa shape index (κ1) is 20.7. The molecule has 1 fully saturated rings. The molecule has 0 saturated carbocycles. The van der Waals surface area contributed by atoms with Gasteiger partial charge in [-0.05, 0) is 12.1 Å². The van der Waals surface area contributed by atoms with E-state index in [9.17, 15) is 13.2 Å². The molecule has 8 nitrogen and oxygen atoms in total. The highest BCUT2D eigenvalue weighted by molar-refractivity contribution is 7.90. The zero-order valence-corrected chi connectivity index (χ0v) is 17.3. The molecule has 1 aliphatic heterocycles. The van der Waals surface area contributed by atoms with E-state index < -0.39 is 15.7 Å². The van der Waals surface area contributed by atoms with Crippen LogP contribution in [0.3, 0.4) is 0 Å². The van der Waals surface area contributed by atoms with Crippen molar-refractivity contribution < 1.29 is 22.8 Å². The van der Waals surface area contributed by atoms with E-state index in [1.165, 1.54) is 30.5 Å². The summed E-state index contributed by atoms with van der Waals surface area (Å²) in [6, 6.07) is 5.86. The number of carbonyl (C=O) groups excluding carboxylic acids is 1. The average Bonchev–Trinajstić information content (AvgIpc) is 3.07. The second-order valence-electron chi connectivity index (χ2n) is 6.08. The summed E-state index contributed by atoms with van der Waals surface area (Å²) in [6.45, 7) is 1.14. The average molecular weight is 444 g/mol. The van der Waals surface area contributed by atoms with Crippen molar-refractivity contribution in [3.8, 4) is 0 Å². The molecule has 1 saturated heterocycles. The van der Waals surface area contributed by atoms with Crippen LogP contribution in [0.1, 0.15) is 18.4 Å². The third kappa shape index (κ3) is 5.51. The van der Waals surface area contributed by atoms with E-state index in [0.717, 1.165) is 17.6 Å². The number of rotatable bonds is 6. The Morgan fingerprint density at radius 1 is 1.32 bits per heavy atom. The Morgan fingerprint density at radius 2 is 2.00 bits per heavy atom. The normalized spacial score (nSPS) is 16.0. The van der Waals surface area contributed by atoms with Crippen molar-refractivity contribution in [2.75, 3.05) is 24.8 Å². The second kappa shape index (κ2) is 8.99. The molecule has 0 aliphatic carbocycles. The Labute approximate surface area is 171 Å². The Hall–Kier alpha value is -2.01. The molecule has 150 valence electrons. The van der Waals surface area contributed by atoms with Crippen LogP contribution in [0.2, 0.25) is 4.34 Å². The van der Waals surface area contributed by atoms with E-state index in [-0.39, 0.29) is 16.7 Å². The predicted molar refractivity (Wildman–Crippen MR) is 107 cm³/mol. The van der Waals surface area contributed by atoms with Crippen LogP contribution < -0.4 is 5.32 Å². The molecule has 0 bridgehead atoms. The molecule has 0 atom stereocenters. The van der Waals surface area contributed by atoms with Gasteiger partial charge in [0.15, 0.2) is 20.7 Å². The summed E-state index contributed by atoms with van der Waals surface area (Å²) < 4.78 is 29.0. The molecule has 0 unspecified atom stereocenters. The maximum atomic E-state index is 12.7. The highest BCUT2D eigenvalue weighted by Crippen LogP contribution is 2.23. The second-order valence-corrected chi connectivity index (χ2v) is 9.75. The number of sulfone groups is 1. The molecule has 1 aromatic heterocycles.